The van der Waals surface area contributed by atoms with Gasteiger partial charge in [-0.1, -0.05) is 19.9 Å². The molecule has 0 amide bonds. The number of benzene rings is 1. The van der Waals surface area contributed by atoms with Crippen molar-refractivity contribution in [3.63, 3.8) is 0 Å². The van der Waals surface area contributed by atoms with E-state index in [1.165, 1.54) is 24.0 Å². The van der Waals surface area contributed by atoms with Crippen molar-refractivity contribution in [1.82, 2.24) is 25.4 Å². The van der Waals surface area contributed by atoms with E-state index in [-0.39, 0.29) is 30.0 Å². The number of aromatic nitrogens is 3. The second kappa shape index (κ2) is 9.98. The Morgan fingerprint density at radius 3 is 2.83 bits per heavy atom. The Bertz CT molecular complexity index is 907. The van der Waals surface area contributed by atoms with Crippen LogP contribution >= 0.6 is 24.0 Å². The van der Waals surface area contributed by atoms with E-state index in [0.717, 1.165) is 55.4 Å². The molecule has 164 valence electrons. The van der Waals surface area contributed by atoms with Crippen LogP contribution in [0.2, 0.25) is 0 Å². The molecular weight excluding hydrogens is 491 g/mol. The zero-order valence-electron chi connectivity index (χ0n) is 18.1. The quantitative estimate of drug-likeness (QED) is 0.325. The Labute approximate surface area is 195 Å². The molecule has 0 spiro atoms. The number of hydrogen-bond donors (Lipinski definition) is 3. The van der Waals surface area contributed by atoms with E-state index in [0.29, 0.717) is 18.2 Å². The molecule has 3 N–H and O–H groups in total. The maximum atomic E-state index is 10.4. The highest BCUT2D eigenvalue weighted by atomic mass is 127. The van der Waals surface area contributed by atoms with Crippen molar-refractivity contribution in [2.24, 2.45) is 4.99 Å². The predicted molar refractivity (Wildman–Crippen MR) is 130 cm³/mol. The lowest BCUT2D eigenvalue weighted by Gasteiger charge is -2.26. The van der Waals surface area contributed by atoms with Gasteiger partial charge in [0, 0.05) is 37.5 Å². The molecule has 0 fully saturated rings. The van der Waals surface area contributed by atoms with Gasteiger partial charge in [0.15, 0.2) is 11.8 Å². The van der Waals surface area contributed by atoms with Gasteiger partial charge < -0.3 is 15.7 Å². The number of halogens is 1. The lowest BCUT2D eigenvalue weighted by atomic mass is 9.88. The molecule has 2 heterocycles. The molecule has 1 atom stereocenters. The van der Waals surface area contributed by atoms with Crippen LogP contribution in [0.25, 0.3) is 0 Å². The molecule has 1 aromatic heterocycles. The van der Waals surface area contributed by atoms with Gasteiger partial charge in [-0.3, -0.25) is 4.99 Å². The van der Waals surface area contributed by atoms with Crippen molar-refractivity contribution in [3.8, 4) is 5.75 Å². The normalized spacial score (nSPS) is 18.4. The summed E-state index contributed by atoms with van der Waals surface area (Å²) in [6.45, 7) is 5.62. The second-order valence-corrected chi connectivity index (χ2v) is 8.44. The maximum Gasteiger partial charge on any atom is 0.191 e. The first-order valence-electron chi connectivity index (χ1n) is 10.8. The third-order valence-corrected chi connectivity index (χ3v) is 6.01. The van der Waals surface area contributed by atoms with E-state index < -0.39 is 0 Å². The van der Waals surface area contributed by atoms with Crippen LogP contribution in [-0.2, 0) is 32.4 Å². The fraction of sp³-hybridized carbons (Fsp3) is 0.591. The minimum Gasteiger partial charge on any atom is -0.508 e. The fourth-order valence-corrected chi connectivity index (χ4v) is 4.34. The van der Waals surface area contributed by atoms with Crippen LogP contribution in [-0.4, -0.2) is 38.9 Å². The van der Waals surface area contributed by atoms with Gasteiger partial charge in [-0.25, -0.2) is 9.67 Å². The van der Waals surface area contributed by atoms with Crippen LogP contribution in [0, 0.1) is 0 Å². The average Bonchev–Trinajstić information content (AvgIpc) is 3.16. The summed E-state index contributed by atoms with van der Waals surface area (Å²) < 4.78 is 2.03. The van der Waals surface area contributed by atoms with Crippen LogP contribution in [0.4, 0.5) is 0 Å². The van der Waals surface area contributed by atoms with Crippen molar-refractivity contribution in [3.05, 3.63) is 40.5 Å². The first kappa shape index (κ1) is 22.8. The van der Waals surface area contributed by atoms with Gasteiger partial charge in [0.25, 0.3) is 0 Å². The number of phenolic OH excluding ortho intramolecular Hbond substituents is 1. The zero-order chi connectivity index (χ0) is 20.4. The first-order chi connectivity index (χ1) is 14.0. The minimum atomic E-state index is 0. The second-order valence-electron chi connectivity index (χ2n) is 8.44. The standard InChI is InChI=1S/C22H32N6O.HI/c1-14(2)21-26-20-11-9-16(13-28(20)27-21)25-22(23-3)24-12-18-17-7-5-4-6-15(17)8-10-19(18)29;/h8,10,14,16,29H,4-7,9,11-13H2,1-3H3,(H2,23,24,25);1H. The highest BCUT2D eigenvalue weighted by Crippen LogP contribution is 2.30. The van der Waals surface area contributed by atoms with Crippen LogP contribution in [0.5, 0.6) is 5.75 Å². The smallest absolute Gasteiger partial charge is 0.191 e. The molecule has 30 heavy (non-hydrogen) atoms. The van der Waals surface area contributed by atoms with Crippen molar-refractivity contribution >= 4 is 29.9 Å². The first-order valence-corrected chi connectivity index (χ1v) is 10.8. The number of aryl methyl sites for hydroxylation is 2. The van der Waals surface area contributed by atoms with E-state index in [1.54, 1.807) is 7.05 Å². The average molecular weight is 524 g/mol. The number of aromatic hydroxyl groups is 1. The van der Waals surface area contributed by atoms with E-state index in [9.17, 15) is 5.11 Å². The summed E-state index contributed by atoms with van der Waals surface area (Å²) in [4.78, 5) is 9.06. The molecule has 2 aromatic rings. The maximum absolute atomic E-state index is 10.4. The summed E-state index contributed by atoms with van der Waals surface area (Å²) in [5.74, 6) is 3.48. The summed E-state index contributed by atoms with van der Waals surface area (Å²) in [6.07, 6.45) is 6.50. The van der Waals surface area contributed by atoms with Crippen LogP contribution in [0.1, 0.15) is 67.4 Å². The Hall–Kier alpha value is -1.84. The van der Waals surface area contributed by atoms with E-state index in [4.69, 9.17) is 0 Å². The Kier molecular flexibility index (Phi) is 7.60. The van der Waals surface area contributed by atoms with Gasteiger partial charge in [-0.15, -0.1) is 24.0 Å². The molecule has 0 bridgehead atoms. The molecule has 7 nitrogen and oxygen atoms in total. The minimum absolute atomic E-state index is 0. The summed E-state index contributed by atoms with van der Waals surface area (Å²) in [5.41, 5.74) is 3.69. The Morgan fingerprint density at radius 1 is 1.27 bits per heavy atom. The summed E-state index contributed by atoms with van der Waals surface area (Å²) in [5, 5.41) is 22.0. The SMILES string of the molecule is CN=C(NCc1c(O)ccc2c1CCCC2)NC1CCc2nc(C(C)C)nn2C1.I. The molecule has 1 aliphatic carbocycles. The summed E-state index contributed by atoms with van der Waals surface area (Å²) >= 11 is 0. The van der Waals surface area contributed by atoms with Crippen molar-refractivity contribution < 1.29 is 5.11 Å². The number of rotatable bonds is 4. The Balaban J connectivity index is 0.00000256. The van der Waals surface area contributed by atoms with Crippen LogP contribution in [0.3, 0.4) is 0 Å². The van der Waals surface area contributed by atoms with E-state index in [2.05, 4.69) is 45.6 Å². The zero-order valence-corrected chi connectivity index (χ0v) is 20.4. The molecule has 0 radical (unpaired) electrons. The number of guanidine groups is 1. The van der Waals surface area contributed by atoms with Gasteiger partial charge in [-0.2, -0.15) is 5.10 Å². The predicted octanol–water partition coefficient (Wildman–Crippen LogP) is 3.28. The summed E-state index contributed by atoms with van der Waals surface area (Å²) in [6, 6.07) is 4.16. The largest absolute Gasteiger partial charge is 0.508 e. The van der Waals surface area contributed by atoms with Crippen molar-refractivity contribution in [1.29, 1.82) is 0 Å². The summed E-state index contributed by atoms with van der Waals surface area (Å²) in [7, 11) is 1.79. The molecule has 1 unspecified atom stereocenters. The highest BCUT2D eigenvalue weighted by molar-refractivity contribution is 14.0. The van der Waals surface area contributed by atoms with Crippen molar-refractivity contribution in [2.45, 2.75) is 77.4 Å². The fourth-order valence-electron chi connectivity index (χ4n) is 4.34. The number of nitrogens with one attached hydrogen (secondary N) is 2. The number of hydrogen-bond acceptors (Lipinski definition) is 4. The molecule has 1 aromatic carbocycles. The van der Waals surface area contributed by atoms with Crippen molar-refractivity contribution in [2.75, 3.05) is 7.05 Å². The monoisotopic (exact) mass is 524 g/mol. The number of fused-ring (bicyclic) bond motifs is 2. The van der Waals surface area contributed by atoms with Gasteiger partial charge in [0.05, 0.1) is 6.54 Å². The third-order valence-electron chi connectivity index (χ3n) is 6.01. The third kappa shape index (κ3) is 4.90. The highest BCUT2D eigenvalue weighted by Gasteiger charge is 2.23. The number of nitrogens with zero attached hydrogens (tertiary/aromatic N) is 4. The molecule has 1 aliphatic heterocycles. The molecule has 0 saturated heterocycles. The molecule has 8 heteroatoms. The van der Waals surface area contributed by atoms with Gasteiger partial charge >= 0.3 is 0 Å². The van der Waals surface area contributed by atoms with Gasteiger partial charge in [0.2, 0.25) is 0 Å². The lowest BCUT2D eigenvalue weighted by molar-refractivity contribution is 0.391. The molecule has 4 rings (SSSR count). The topological polar surface area (TPSA) is 87.4 Å². The number of phenols is 1. The van der Waals surface area contributed by atoms with Gasteiger partial charge in [0.1, 0.15) is 11.6 Å². The van der Waals surface area contributed by atoms with Crippen LogP contribution < -0.4 is 10.6 Å². The van der Waals surface area contributed by atoms with Gasteiger partial charge in [-0.05, 0) is 49.3 Å². The lowest BCUT2D eigenvalue weighted by Crippen LogP contribution is -2.46. The molecule has 2 aliphatic rings. The molecular formula is C22H33IN6O. The Morgan fingerprint density at radius 2 is 2.07 bits per heavy atom. The van der Waals surface area contributed by atoms with Crippen LogP contribution in [0.15, 0.2) is 17.1 Å². The molecule has 0 saturated carbocycles. The van der Waals surface area contributed by atoms with E-state index in [1.807, 2.05) is 10.7 Å². The van der Waals surface area contributed by atoms with E-state index >= 15 is 0 Å². The number of aliphatic imine (C=N–C) groups is 1.